The second-order valence-corrected chi connectivity index (χ2v) is 8.11. The van der Waals surface area contributed by atoms with E-state index in [0.29, 0.717) is 4.67 Å². The normalized spacial score (nSPS) is 15.2. The van der Waals surface area contributed by atoms with Gasteiger partial charge in [0.25, 0.3) is 11.8 Å². The zero-order valence-corrected chi connectivity index (χ0v) is 18.5. The van der Waals surface area contributed by atoms with Crippen molar-refractivity contribution in [1.82, 2.24) is 29.9 Å². The quantitative estimate of drug-likeness (QED) is 0.418. The molecule has 11 nitrogen and oxygen atoms in total. The third-order valence-corrected chi connectivity index (χ3v) is 5.88. The van der Waals surface area contributed by atoms with E-state index < -0.39 is 17.8 Å². The van der Waals surface area contributed by atoms with E-state index in [-0.39, 0.29) is 65.8 Å². The summed E-state index contributed by atoms with van der Waals surface area (Å²) in [4.78, 5) is 39.2. The number of aromatic nitrogens is 4. The van der Waals surface area contributed by atoms with Crippen LogP contribution in [0.5, 0.6) is 0 Å². The molecule has 4 aromatic rings. The lowest BCUT2D eigenvalue weighted by molar-refractivity contribution is -0.142. The molecule has 33 heavy (non-hydrogen) atoms. The van der Waals surface area contributed by atoms with Gasteiger partial charge >= 0.3 is 0 Å². The highest BCUT2D eigenvalue weighted by atomic mass is 79.9. The van der Waals surface area contributed by atoms with Crippen molar-refractivity contribution >= 4 is 38.6 Å². The van der Waals surface area contributed by atoms with Gasteiger partial charge in [-0.1, -0.05) is 5.16 Å². The van der Waals surface area contributed by atoms with Gasteiger partial charge in [0, 0.05) is 43.3 Å². The Balaban J connectivity index is 1.33. The lowest BCUT2D eigenvalue weighted by atomic mass is 10.1. The van der Waals surface area contributed by atoms with Gasteiger partial charge in [-0.3, -0.25) is 9.59 Å². The van der Waals surface area contributed by atoms with Crippen LogP contribution in [0.2, 0.25) is 0 Å². The van der Waals surface area contributed by atoms with Gasteiger partial charge in [-0.05, 0) is 28.1 Å². The Morgan fingerprint density at radius 1 is 1.18 bits per heavy atom. The lowest BCUT2D eigenvalue weighted by Crippen LogP contribution is -2.51. The van der Waals surface area contributed by atoms with E-state index in [9.17, 15) is 19.1 Å². The van der Waals surface area contributed by atoms with Crippen LogP contribution in [0.15, 0.2) is 44.5 Å². The van der Waals surface area contributed by atoms with Crippen LogP contribution in [0.25, 0.3) is 22.4 Å². The van der Waals surface area contributed by atoms with Crippen LogP contribution in [-0.4, -0.2) is 73.0 Å². The summed E-state index contributed by atoms with van der Waals surface area (Å²) in [5, 5.41) is 14.5. The number of aliphatic hydroxyl groups is 1. The maximum atomic E-state index is 14.6. The number of aromatic amines is 1. The van der Waals surface area contributed by atoms with E-state index in [0.717, 1.165) is 12.6 Å². The topological polar surface area (TPSA) is 142 Å². The van der Waals surface area contributed by atoms with Crippen molar-refractivity contribution in [1.29, 1.82) is 0 Å². The second kappa shape index (κ2) is 8.41. The molecule has 170 valence electrons. The Hall–Kier alpha value is -3.58. The number of hydrogen-bond donors (Lipinski definition) is 2. The van der Waals surface area contributed by atoms with Gasteiger partial charge in [-0.15, -0.1) is 0 Å². The molecule has 0 spiro atoms. The summed E-state index contributed by atoms with van der Waals surface area (Å²) in [6.45, 7) is 0.960. The first-order valence-corrected chi connectivity index (χ1v) is 10.7. The predicted molar refractivity (Wildman–Crippen MR) is 113 cm³/mol. The minimum absolute atomic E-state index is 0.0165. The molecule has 0 bridgehead atoms. The van der Waals surface area contributed by atoms with Crippen molar-refractivity contribution in [3.05, 3.63) is 52.7 Å². The Morgan fingerprint density at radius 3 is 2.61 bits per heavy atom. The number of fused-ring (bicyclic) bond motifs is 1. The molecular weight excluding hydrogens is 503 g/mol. The van der Waals surface area contributed by atoms with E-state index in [1.54, 1.807) is 17.0 Å². The number of amides is 2. The molecular formula is C20H16BrFN6O5. The number of furan rings is 1. The molecule has 2 N–H and O–H groups in total. The molecule has 1 atom stereocenters. The van der Waals surface area contributed by atoms with E-state index in [2.05, 4.69) is 36.0 Å². The highest BCUT2D eigenvalue weighted by Crippen LogP contribution is 2.32. The standard InChI is InChI=1S/C20H16BrFN6O5/c21-13-2-1-12(33-13)19(30)27-3-5-28(6-4-27)20(31)17(29)10-7-23-15-14(10)11(22)8-24-16(15)18-25-9-32-26-18/h1-2,7-9,17,23,29H,3-6H2. The van der Waals surface area contributed by atoms with Crippen LogP contribution >= 0.6 is 15.9 Å². The van der Waals surface area contributed by atoms with Crippen LogP contribution in [0.1, 0.15) is 22.2 Å². The van der Waals surface area contributed by atoms with Crippen LogP contribution in [0, 0.1) is 5.82 Å². The molecule has 1 unspecified atom stereocenters. The summed E-state index contributed by atoms with van der Waals surface area (Å²) in [5.74, 6) is -1.25. The first-order valence-electron chi connectivity index (χ1n) is 9.87. The predicted octanol–water partition coefficient (Wildman–Crippen LogP) is 2.13. The summed E-state index contributed by atoms with van der Waals surface area (Å²) < 4.78 is 25.1. The van der Waals surface area contributed by atoms with Crippen molar-refractivity contribution in [2.24, 2.45) is 0 Å². The van der Waals surface area contributed by atoms with Crippen molar-refractivity contribution < 1.29 is 28.0 Å². The second-order valence-electron chi connectivity index (χ2n) is 7.33. The molecule has 0 aromatic carbocycles. The fourth-order valence-electron chi connectivity index (χ4n) is 3.81. The molecule has 5 heterocycles. The fourth-order valence-corrected chi connectivity index (χ4v) is 4.12. The van der Waals surface area contributed by atoms with E-state index >= 15 is 0 Å². The van der Waals surface area contributed by atoms with Gasteiger partial charge < -0.3 is 28.8 Å². The third kappa shape index (κ3) is 3.78. The molecule has 0 saturated carbocycles. The van der Waals surface area contributed by atoms with Gasteiger partial charge in [0.1, 0.15) is 5.69 Å². The first-order chi connectivity index (χ1) is 15.9. The Morgan fingerprint density at radius 2 is 1.94 bits per heavy atom. The SMILES string of the molecule is O=C(c1ccc(Br)o1)N1CCN(C(=O)C(O)c2c[nH]c3c(-c4ncon4)ncc(F)c23)CC1. The molecule has 1 aliphatic rings. The van der Waals surface area contributed by atoms with Crippen LogP contribution in [0.4, 0.5) is 4.39 Å². The Bertz CT molecular complexity index is 1330. The highest BCUT2D eigenvalue weighted by Gasteiger charge is 2.32. The monoisotopic (exact) mass is 518 g/mol. The van der Waals surface area contributed by atoms with E-state index in [1.807, 2.05) is 0 Å². The molecule has 13 heteroatoms. The molecule has 0 radical (unpaired) electrons. The number of nitrogens with zero attached hydrogens (tertiary/aromatic N) is 5. The zero-order chi connectivity index (χ0) is 23.1. The van der Waals surface area contributed by atoms with Gasteiger partial charge in [0.15, 0.2) is 22.4 Å². The van der Waals surface area contributed by atoms with Crippen LogP contribution in [0.3, 0.4) is 0 Å². The third-order valence-electron chi connectivity index (χ3n) is 5.46. The first kappa shape index (κ1) is 21.3. The van der Waals surface area contributed by atoms with Crippen molar-refractivity contribution in [2.75, 3.05) is 26.2 Å². The van der Waals surface area contributed by atoms with Gasteiger partial charge in [-0.25, -0.2) is 9.37 Å². The van der Waals surface area contributed by atoms with Crippen LogP contribution in [-0.2, 0) is 4.79 Å². The average molecular weight is 519 g/mol. The number of hydrogen-bond acceptors (Lipinski definition) is 8. The minimum Gasteiger partial charge on any atom is -0.444 e. The number of nitrogens with one attached hydrogen (secondary N) is 1. The number of halogens is 2. The molecule has 0 aliphatic carbocycles. The smallest absolute Gasteiger partial charge is 0.289 e. The molecule has 1 fully saturated rings. The van der Waals surface area contributed by atoms with Crippen LogP contribution < -0.4 is 0 Å². The average Bonchev–Trinajstić information content (AvgIpc) is 3.59. The summed E-state index contributed by atoms with van der Waals surface area (Å²) in [5.41, 5.74) is 0.527. The summed E-state index contributed by atoms with van der Waals surface area (Å²) in [7, 11) is 0. The molecule has 2 amide bonds. The molecule has 1 aliphatic heterocycles. The number of piperazine rings is 1. The van der Waals surface area contributed by atoms with E-state index in [4.69, 9.17) is 8.94 Å². The number of pyridine rings is 1. The molecule has 5 rings (SSSR count). The zero-order valence-electron chi connectivity index (χ0n) is 16.9. The minimum atomic E-state index is -1.61. The van der Waals surface area contributed by atoms with Crippen molar-refractivity contribution in [3.8, 4) is 11.5 Å². The number of carbonyl (C=O) groups is 2. The summed E-state index contributed by atoms with van der Waals surface area (Å²) >= 11 is 3.16. The van der Waals surface area contributed by atoms with Crippen molar-refractivity contribution in [3.63, 3.8) is 0 Å². The molecule has 1 saturated heterocycles. The number of aliphatic hydroxyl groups excluding tert-OH is 1. The fraction of sp³-hybridized carbons (Fsp3) is 0.250. The number of H-pyrrole nitrogens is 1. The maximum absolute atomic E-state index is 14.6. The summed E-state index contributed by atoms with van der Waals surface area (Å²) in [6.07, 6.45) is 1.83. The maximum Gasteiger partial charge on any atom is 0.289 e. The van der Waals surface area contributed by atoms with Gasteiger partial charge in [0.05, 0.1) is 11.7 Å². The van der Waals surface area contributed by atoms with E-state index in [1.165, 1.54) is 11.1 Å². The molecule has 4 aromatic heterocycles. The van der Waals surface area contributed by atoms with Crippen molar-refractivity contribution in [2.45, 2.75) is 6.10 Å². The lowest BCUT2D eigenvalue weighted by Gasteiger charge is -2.35. The highest BCUT2D eigenvalue weighted by molar-refractivity contribution is 9.10. The Labute approximate surface area is 193 Å². The summed E-state index contributed by atoms with van der Waals surface area (Å²) in [6, 6.07) is 3.19. The Kier molecular flexibility index (Phi) is 5.42. The van der Waals surface area contributed by atoms with Gasteiger partial charge in [-0.2, -0.15) is 4.98 Å². The van der Waals surface area contributed by atoms with Gasteiger partial charge in [0.2, 0.25) is 12.2 Å². The number of rotatable bonds is 4. The number of carbonyl (C=O) groups excluding carboxylic acids is 2. The largest absolute Gasteiger partial charge is 0.444 e.